The number of likely N-dealkylation sites (N-methyl/N-ethyl adjacent to an activating group) is 1. The van der Waals surface area contributed by atoms with Crippen LogP contribution in [0.4, 0.5) is 0 Å². The molecule has 1 aliphatic heterocycles. The predicted molar refractivity (Wildman–Crippen MR) is 84.7 cm³/mol. The molecule has 1 fully saturated rings. The van der Waals surface area contributed by atoms with Gasteiger partial charge in [-0.2, -0.15) is 0 Å². The van der Waals surface area contributed by atoms with Gasteiger partial charge in [-0.25, -0.2) is 0 Å². The lowest BCUT2D eigenvalue weighted by Gasteiger charge is -2.23. The predicted octanol–water partition coefficient (Wildman–Crippen LogP) is 2.40. The zero-order valence-corrected chi connectivity index (χ0v) is 13.1. The van der Waals surface area contributed by atoms with E-state index in [-0.39, 0.29) is 12.5 Å². The second-order valence-electron chi connectivity index (χ2n) is 5.45. The maximum absolute atomic E-state index is 11.9. The normalized spacial score (nSPS) is 15.7. The van der Waals surface area contributed by atoms with Crippen LogP contribution in [0.1, 0.15) is 38.2 Å². The Kier molecular flexibility index (Phi) is 6.05. The van der Waals surface area contributed by atoms with Crippen molar-refractivity contribution in [3.63, 3.8) is 0 Å². The Morgan fingerprint density at radius 2 is 1.81 bits per heavy atom. The van der Waals surface area contributed by atoms with Gasteiger partial charge < -0.3 is 15.0 Å². The Hall–Kier alpha value is -1.55. The van der Waals surface area contributed by atoms with Gasteiger partial charge in [-0.15, -0.1) is 0 Å². The Morgan fingerprint density at radius 3 is 2.38 bits per heavy atom. The summed E-state index contributed by atoms with van der Waals surface area (Å²) < 4.78 is 5.59. The minimum atomic E-state index is 0.0439. The van der Waals surface area contributed by atoms with E-state index in [1.165, 1.54) is 18.4 Å². The van der Waals surface area contributed by atoms with Crippen molar-refractivity contribution in [2.24, 2.45) is 0 Å². The molecule has 4 nitrogen and oxygen atoms in total. The molecule has 0 radical (unpaired) electrons. The van der Waals surface area contributed by atoms with Crippen LogP contribution in [0.25, 0.3) is 0 Å². The van der Waals surface area contributed by atoms with Gasteiger partial charge in [-0.1, -0.05) is 12.1 Å². The van der Waals surface area contributed by atoms with Crippen LogP contribution >= 0.6 is 0 Å². The number of nitrogens with zero attached hydrogens (tertiary/aromatic N) is 1. The topological polar surface area (TPSA) is 41.6 Å². The van der Waals surface area contributed by atoms with Gasteiger partial charge in [-0.05, 0) is 63.4 Å². The highest BCUT2D eigenvalue weighted by Crippen LogP contribution is 2.26. The first-order valence-electron chi connectivity index (χ1n) is 7.95. The lowest BCUT2D eigenvalue weighted by atomic mass is 9.90. The summed E-state index contributed by atoms with van der Waals surface area (Å²) in [6.07, 6.45) is 2.39. The molecule has 0 spiro atoms. The second kappa shape index (κ2) is 8.03. The van der Waals surface area contributed by atoms with Crippen molar-refractivity contribution in [1.29, 1.82) is 0 Å². The molecule has 0 aromatic heterocycles. The fourth-order valence-corrected chi connectivity index (χ4v) is 2.80. The fourth-order valence-electron chi connectivity index (χ4n) is 2.80. The summed E-state index contributed by atoms with van der Waals surface area (Å²) in [5, 5.41) is 3.38. The molecule has 1 aromatic rings. The van der Waals surface area contributed by atoms with E-state index < -0.39 is 0 Å². The van der Waals surface area contributed by atoms with E-state index in [1.807, 2.05) is 26.0 Å². The lowest BCUT2D eigenvalue weighted by Crippen LogP contribution is -2.34. The molecule has 0 unspecified atom stereocenters. The molecule has 4 heteroatoms. The average Bonchev–Trinajstić information content (AvgIpc) is 2.55. The van der Waals surface area contributed by atoms with Crippen LogP contribution in [-0.4, -0.2) is 43.6 Å². The summed E-state index contributed by atoms with van der Waals surface area (Å²) in [6.45, 7) is 7.74. The van der Waals surface area contributed by atoms with E-state index in [0.29, 0.717) is 5.92 Å². The summed E-state index contributed by atoms with van der Waals surface area (Å²) in [7, 11) is 0. The highest BCUT2D eigenvalue weighted by molar-refractivity contribution is 5.77. The van der Waals surface area contributed by atoms with Gasteiger partial charge in [0.25, 0.3) is 5.91 Å². The third-order valence-electron chi connectivity index (χ3n) is 4.17. The van der Waals surface area contributed by atoms with Crippen molar-refractivity contribution in [3.05, 3.63) is 29.8 Å². The molecule has 21 heavy (non-hydrogen) atoms. The zero-order chi connectivity index (χ0) is 15.1. The average molecular weight is 290 g/mol. The monoisotopic (exact) mass is 290 g/mol. The maximum Gasteiger partial charge on any atom is 0.260 e. The Labute approximate surface area is 127 Å². The first kappa shape index (κ1) is 15.8. The Balaban J connectivity index is 1.86. The number of piperidine rings is 1. The van der Waals surface area contributed by atoms with Gasteiger partial charge >= 0.3 is 0 Å². The highest BCUT2D eigenvalue weighted by Gasteiger charge is 2.15. The van der Waals surface area contributed by atoms with Crippen LogP contribution in [0.2, 0.25) is 0 Å². The van der Waals surface area contributed by atoms with Crippen molar-refractivity contribution in [2.75, 3.05) is 32.8 Å². The Bertz CT molecular complexity index is 435. The van der Waals surface area contributed by atoms with E-state index in [0.717, 1.165) is 31.9 Å². The number of amides is 1. The summed E-state index contributed by atoms with van der Waals surface area (Å²) in [6, 6.07) is 8.22. The molecule has 0 atom stereocenters. The number of carbonyl (C=O) groups is 1. The number of nitrogens with one attached hydrogen (secondary N) is 1. The van der Waals surface area contributed by atoms with Crippen molar-refractivity contribution in [2.45, 2.75) is 32.6 Å². The lowest BCUT2D eigenvalue weighted by molar-refractivity contribution is -0.132. The van der Waals surface area contributed by atoms with E-state index in [2.05, 4.69) is 17.4 Å². The summed E-state index contributed by atoms with van der Waals surface area (Å²) >= 11 is 0. The molecular weight excluding hydrogens is 264 g/mol. The fraction of sp³-hybridized carbons (Fsp3) is 0.588. The summed E-state index contributed by atoms with van der Waals surface area (Å²) in [5.74, 6) is 1.47. The molecule has 0 saturated carbocycles. The van der Waals surface area contributed by atoms with Gasteiger partial charge in [0, 0.05) is 13.1 Å². The third kappa shape index (κ3) is 4.46. The van der Waals surface area contributed by atoms with Crippen molar-refractivity contribution >= 4 is 5.91 Å². The van der Waals surface area contributed by atoms with Crippen molar-refractivity contribution in [3.8, 4) is 5.75 Å². The molecule has 1 amide bonds. The van der Waals surface area contributed by atoms with E-state index in [9.17, 15) is 4.79 Å². The number of benzene rings is 1. The van der Waals surface area contributed by atoms with Crippen LogP contribution in [0.3, 0.4) is 0 Å². The van der Waals surface area contributed by atoms with Crippen LogP contribution in [0.5, 0.6) is 5.75 Å². The van der Waals surface area contributed by atoms with Gasteiger partial charge in [0.15, 0.2) is 6.61 Å². The van der Waals surface area contributed by atoms with Gasteiger partial charge in [0.2, 0.25) is 0 Å². The molecule has 0 bridgehead atoms. The van der Waals surface area contributed by atoms with Crippen LogP contribution in [0, 0.1) is 0 Å². The maximum atomic E-state index is 11.9. The second-order valence-corrected chi connectivity index (χ2v) is 5.45. The molecule has 1 saturated heterocycles. The summed E-state index contributed by atoms with van der Waals surface area (Å²) in [5.41, 5.74) is 1.37. The van der Waals surface area contributed by atoms with Crippen molar-refractivity contribution in [1.82, 2.24) is 10.2 Å². The number of rotatable bonds is 6. The van der Waals surface area contributed by atoms with E-state index in [1.54, 1.807) is 4.90 Å². The first-order valence-corrected chi connectivity index (χ1v) is 7.95. The molecule has 1 aromatic carbocycles. The van der Waals surface area contributed by atoms with Crippen molar-refractivity contribution < 1.29 is 9.53 Å². The minimum Gasteiger partial charge on any atom is -0.484 e. The molecule has 1 heterocycles. The number of hydrogen-bond acceptors (Lipinski definition) is 3. The van der Waals surface area contributed by atoms with Crippen LogP contribution in [0.15, 0.2) is 24.3 Å². The van der Waals surface area contributed by atoms with E-state index >= 15 is 0 Å². The molecule has 2 rings (SSSR count). The standard InChI is InChI=1S/C17H26N2O2/c1-3-19(4-2)17(20)13-21-16-7-5-14(6-8-16)15-9-11-18-12-10-15/h5-8,15,18H,3-4,9-13H2,1-2H3. The molecule has 1 N–H and O–H groups in total. The van der Waals surface area contributed by atoms with Crippen LogP contribution < -0.4 is 10.1 Å². The number of ether oxygens (including phenoxy) is 1. The smallest absolute Gasteiger partial charge is 0.260 e. The van der Waals surface area contributed by atoms with Gasteiger partial charge in [-0.3, -0.25) is 4.79 Å². The zero-order valence-electron chi connectivity index (χ0n) is 13.1. The quantitative estimate of drug-likeness (QED) is 0.874. The number of hydrogen-bond donors (Lipinski definition) is 1. The molecular formula is C17H26N2O2. The van der Waals surface area contributed by atoms with Gasteiger partial charge in [0.1, 0.15) is 5.75 Å². The molecule has 0 aliphatic carbocycles. The largest absolute Gasteiger partial charge is 0.484 e. The summed E-state index contributed by atoms with van der Waals surface area (Å²) in [4.78, 5) is 13.7. The number of carbonyl (C=O) groups excluding carboxylic acids is 1. The molecule has 1 aliphatic rings. The van der Waals surface area contributed by atoms with Gasteiger partial charge in [0.05, 0.1) is 0 Å². The molecule has 116 valence electrons. The highest BCUT2D eigenvalue weighted by atomic mass is 16.5. The third-order valence-corrected chi connectivity index (χ3v) is 4.17. The first-order chi connectivity index (χ1) is 10.2. The minimum absolute atomic E-state index is 0.0439. The SMILES string of the molecule is CCN(CC)C(=O)COc1ccc(C2CCNCC2)cc1. The van der Waals surface area contributed by atoms with Crippen LogP contribution in [-0.2, 0) is 4.79 Å². The Morgan fingerprint density at radius 1 is 1.19 bits per heavy atom. The van der Waals surface area contributed by atoms with E-state index in [4.69, 9.17) is 4.74 Å².